The molecule has 0 saturated heterocycles. The van der Waals surface area contributed by atoms with Crippen LogP contribution in [0.3, 0.4) is 0 Å². The van der Waals surface area contributed by atoms with Gasteiger partial charge in [0.05, 0.1) is 18.9 Å². The number of carbonyl (C=O) groups excluding carboxylic acids is 2. The van der Waals surface area contributed by atoms with E-state index in [2.05, 4.69) is 5.10 Å². The number of hydrogen-bond acceptors (Lipinski definition) is 5. The Labute approximate surface area is 193 Å². The highest BCUT2D eigenvalue weighted by molar-refractivity contribution is 6.03. The van der Waals surface area contributed by atoms with E-state index < -0.39 is 5.97 Å². The van der Waals surface area contributed by atoms with Crippen LogP contribution in [-0.2, 0) is 20.7 Å². The molecule has 3 aromatic rings. The summed E-state index contributed by atoms with van der Waals surface area (Å²) in [6, 6.07) is 26.8. The Morgan fingerprint density at radius 2 is 1.61 bits per heavy atom. The van der Waals surface area contributed by atoms with Crippen LogP contribution in [0.2, 0.25) is 0 Å². The van der Waals surface area contributed by atoms with Crippen molar-refractivity contribution in [2.75, 3.05) is 13.7 Å². The molecule has 0 aliphatic carbocycles. The summed E-state index contributed by atoms with van der Waals surface area (Å²) in [4.78, 5) is 25.2. The third-order valence-electron chi connectivity index (χ3n) is 5.59. The Morgan fingerprint density at radius 3 is 2.27 bits per heavy atom. The van der Waals surface area contributed by atoms with Crippen LogP contribution in [0.4, 0.5) is 0 Å². The molecule has 1 aliphatic heterocycles. The summed E-state index contributed by atoms with van der Waals surface area (Å²) in [6.07, 6.45) is 1.37. The van der Waals surface area contributed by atoms with E-state index in [-0.39, 0.29) is 25.0 Å². The van der Waals surface area contributed by atoms with Gasteiger partial charge in [-0.1, -0.05) is 72.8 Å². The lowest BCUT2D eigenvalue weighted by Crippen LogP contribution is -2.31. The number of nitrogens with zero attached hydrogens (tertiary/aromatic N) is 2. The van der Waals surface area contributed by atoms with Gasteiger partial charge in [-0.25, -0.2) is 5.01 Å². The molecule has 6 heteroatoms. The zero-order chi connectivity index (χ0) is 23.0. The van der Waals surface area contributed by atoms with E-state index in [0.717, 1.165) is 28.2 Å². The van der Waals surface area contributed by atoms with Crippen LogP contribution in [0.1, 0.15) is 35.6 Å². The number of amides is 1. The molecule has 1 unspecified atom stereocenters. The van der Waals surface area contributed by atoms with E-state index in [1.165, 1.54) is 5.01 Å². The first kappa shape index (κ1) is 22.3. The number of methoxy groups -OCH3 is 1. The summed E-state index contributed by atoms with van der Waals surface area (Å²) in [5.74, 6) is -0.0133. The van der Waals surface area contributed by atoms with E-state index in [1.54, 1.807) is 7.11 Å². The normalized spacial score (nSPS) is 15.1. The molecule has 33 heavy (non-hydrogen) atoms. The minimum atomic E-state index is -0.403. The fourth-order valence-electron chi connectivity index (χ4n) is 3.80. The van der Waals surface area contributed by atoms with Gasteiger partial charge in [0.2, 0.25) is 0 Å². The maximum Gasteiger partial charge on any atom is 0.306 e. The lowest BCUT2D eigenvalue weighted by Gasteiger charge is -2.22. The lowest BCUT2D eigenvalue weighted by atomic mass is 9.98. The first-order valence-corrected chi connectivity index (χ1v) is 10.9. The molecule has 0 N–H and O–H groups in total. The van der Waals surface area contributed by atoms with Crippen molar-refractivity contribution in [3.05, 3.63) is 102 Å². The molecule has 6 nitrogen and oxygen atoms in total. The molecule has 0 spiro atoms. The van der Waals surface area contributed by atoms with Gasteiger partial charge >= 0.3 is 5.97 Å². The standard InChI is InChI=1S/C27H26N2O4/c1-32-23-15-13-22(14-16-23)25-18-24(21-10-6-3-7-11-21)28-29(25)26(30)19-33-27(31)17-12-20-8-4-2-5-9-20/h2-11,13-16,25H,12,17-19H2,1H3. The van der Waals surface area contributed by atoms with E-state index in [0.29, 0.717) is 12.8 Å². The summed E-state index contributed by atoms with van der Waals surface area (Å²) in [6.45, 7) is -0.341. The SMILES string of the molecule is COc1ccc(C2CC(c3ccccc3)=NN2C(=O)COC(=O)CCc2ccccc2)cc1. The highest BCUT2D eigenvalue weighted by Crippen LogP contribution is 2.33. The van der Waals surface area contributed by atoms with Gasteiger partial charge in [-0.2, -0.15) is 5.10 Å². The van der Waals surface area contributed by atoms with Crippen LogP contribution in [0.25, 0.3) is 0 Å². The Morgan fingerprint density at radius 1 is 0.939 bits per heavy atom. The average molecular weight is 443 g/mol. The van der Waals surface area contributed by atoms with Gasteiger partial charge in [0, 0.05) is 12.8 Å². The monoisotopic (exact) mass is 442 g/mol. The van der Waals surface area contributed by atoms with Crippen molar-refractivity contribution >= 4 is 17.6 Å². The molecule has 1 aliphatic rings. The summed E-state index contributed by atoms with van der Waals surface area (Å²) in [7, 11) is 1.61. The largest absolute Gasteiger partial charge is 0.497 e. The first-order valence-electron chi connectivity index (χ1n) is 10.9. The molecule has 0 bridgehead atoms. The van der Waals surface area contributed by atoms with Crippen molar-refractivity contribution in [2.24, 2.45) is 5.10 Å². The quantitative estimate of drug-likeness (QED) is 0.480. The number of aryl methyl sites for hydroxylation is 1. The molecule has 1 amide bonds. The summed E-state index contributed by atoms with van der Waals surface area (Å²) in [5.41, 5.74) is 3.78. The van der Waals surface area contributed by atoms with Gasteiger partial charge in [-0.3, -0.25) is 9.59 Å². The Kier molecular flexibility index (Phi) is 7.15. The molecule has 0 radical (unpaired) electrons. The van der Waals surface area contributed by atoms with Crippen LogP contribution >= 0.6 is 0 Å². The number of esters is 1. The molecule has 1 heterocycles. The number of hydrogen-bond donors (Lipinski definition) is 0. The third kappa shape index (κ3) is 5.66. The molecule has 168 valence electrons. The summed E-state index contributed by atoms with van der Waals surface area (Å²) in [5, 5.41) is 6.05. The minimum absolute atomic E-state index is 0.220. The zero-order valence-electron chi connectivity index (χ0n) is 18.5. The Hall–Kier alpha value is -3.93. The van der Waals surface area contributed by atoms with Gasteiger partial charge < -0.3 is 9.47 Å². The zero-order valence-corrected chi connectivity index (χ0v) is 18.5. The van der Waals surface area contributed by atoms with Gasteiger partial charge in [0.25, 0.3) is 5.91 Å². The predicted molar refractivity (Wildman–Crippen MR) is 126 cm³/mol. The van der Waals surface area contributed by atoms with Crippen molar-refractivity contribution < 1.29 is 19.1 Å². The molecular formula is C27H26N2O4. The Bertz CT molecular complexity index is 1110. The molecule has 0 saturated carbocycles. The molecular weight excluding hydrogens is 416 g/mol. The number of ether oxygens (including phenoxy) is 2. The van der Waals surface area contributed by atoms with Crippen LogP contribution < -0.4 is 4.74 Å². The maximum atomic E-state index is 13.0. The molecule has 3 aromatic carbocycles. The number of rotatable bonds is 8. The summed E-state index contributed by atoms with van der Waals surface area (Å²) < 4.78 is 10.5. The van der Waals surface area contributed by atoms with Crippen molar-refractivity contribution in [2.45, 2.75) is 25.3 Å². The second-order valence-corrected chi connectivity index (χ2v) is 7.79. The molecule has 0 aromatic heterocycles. The van der Waals surface area contributed by atoms with Crippen molar-refractivity contribution in [1.29, 1.82) is 0 Å². The second kappa shape index (κ2) is 10.6. The van der Waals surface area contributed by atoms with Crippen LogP contribution in [0.5, 0.6) is 5.75 Å². The number of carbonyl (C=O) groups is 2. The van der Waals surface area contributed by atoms with Gasteiger partial charge in [-0.15, -0.1) is 0 Å². The Balaban J connectivity index is 1.44. The van der Waals surface area contributed by atoms with E-state index in [9.17, 15) is 9.59 Å². The smallest absolute Gasteiger partial charge is 0.306 e. The average Bonchev–Trinajstić information content (AvgIpc) is 3.33. The number of benzene rings is 3. The van der Waals surface area contributed by atoms with Gasteiger partial charge in [-0.05, 0) is 35.2 Å². The maximum absolute atomic E-state index is 13.0. The lowest BCUT2D eigenvalue weighted by molar-refractivity contribution is -0.152. The van der Waals surface area contributed by atoms with Crippen molar-refractivity contribution in [1.82, 2.24) is 5.01 Å². The predicted octanol–water partition coefficient (Wildman–Crippen LogP) is 4.55. The van der Waals surface area contributed by atoms with Crippen molar-refractivity contribution in [3.8, 4) is 5.75 Å². The minimum Gasteiger partial charge on any atom is -0.497 e. The van der Waals surface area contributed by atoms with Crippen molar-refractivity contribution in [3.63, 3.8) is 0 Å². The van der Waals surface area contributed by atoms with Crippen LogP contribution in [-0.4, -0.2) is 36.3 Å². The van der Waals surface area contributed by atoms with Crippen LogP contribution in [0, 0.1) is 0 Å². The van der Waals surface area contributed by atoms with Crippen LogP contribution in [0.15, 0.2) is 90.0 Å². The highest BCUT2D eigenvalue weighted by Gasteiger charge is 2.33. The van der Waals surface area contributed by atoms with Gasteiger partial charge in [0.15, 0.2) is 6.61 Å². The second-order valence-electron chi connectivity index (χ2n) is 7.79. The number of hydrazone groups is 1. The first-order chi connectivity index (χ1) is 16.1. The highest BCUT2D eigenvalue weighted by atomic mass is 16.5. The fraction of sp³-hybridized carbons (Fsp3) is 0.222. The third-order valence-corrected chi connectivity index (χ3v) is 5.59. The molecule has 4 rings (SSSR count). The molecule has 0 fully saturated rings. The topological polar surface area (TPSA) is 68.2 Å². The fourth-order valence-corrected chi connectivity index (χ4v) is 3.80. The van der Waals surface area contributed by atoms with E-state index in [1.807, 2.05) is 84.9 Å². The van der Waals surface area contributed by atoms with E-state index >= 15 is 0 Å². The summed E-state index contributed by atoms with van der Waals surface area (Å²) >= 11 is 0. The van der Waals surface area contributed by atoms with Gasteiger partial charge in [0.1, 0.15) is 5.75 Å². The molecule has 1 atom stereocenters. The van der Waals surface area contributed by atoms with E-state index in [4.69, 9.17) is 9.47 Å².